The lowest BCUT2D eigenvalue weighted by molar-refractivity contribution is -0.152. The van der Waals surface area contributed by atoms with Crippen molar-refractivity contribution in [3.05, 3.63) is 35.9 Å². The van der Waals surface area contributed by atoms with Crippen LogP contribution in [0.4, 0.5) is 0 Å². The van der Waals surface area contributed by atoms with Crippen LogP contribution in [-0.4, -0.2) is 16.9 Å². The van der Waals surface area contributed by atoms with E-state index in [1.54, 1.807) is 19.1 Å². The Morgan fingerprint density at radius 2 is 1.89 bits per heavy atom. The van der Waals surface area contributed by atoms with Crippen molar-refractivity contribution in [2.24, 2.45) is 11.3 Å². The molecule has 1 saturated carbocycles. The molecule has 18 heavy (non-hydrogen) atoms. The molecule has 2 rings (SSSR count). The second kappa shape index (κ2) is 4.92. The molecule has 1 aromatic carbocycles. The zero-order valence-electron chi connectivity index (χ0n) is 10.6. The molecule has 0 aliphatic heterocycles. The fraction of sp³-hybridized carbons (Fsp3) is 0.467. The maximum atomic E-state index is 12.5. The molecule has 0 bridgehead atoms. The molecule has 1 fully saturated rings. The van der Waals surface area contributed by atoms with E-state index < -0.39 is 17.3 Å². The molecule has 3 heteroatoms. The van der Waals surface area contributed by atoms with Crippen LogP contribution in [-0.2, 0) is 4.79 Å². The first-order valence-electron chi connectivity index (χ1n) is 6.38. The molecule has 3 nitrogen and oxygen atoms in total. The van der Waals surface area contributed by atoms with Crippen LogP contribution in [0, 0.1) is 11.3 Å². The molecule has 0 amide bonds. The number of carboxylic acid groups (broad SMARTS) is 1. The Morgan fingerprint density at radius 3 is 2.50 bits per heavy atom. The van der Waals surface area contributed by atoms with Gasteiger partial charge in [0.05, 0.1) is 5.41 Å². The van der Waals surface area contributed by atoms with Crippen LogP contribution < -0.4 is 0 Å². The molecule has 0 heterocycles. The van der Waals surface area contributed by atoms with Crippen molar-refractivity contribution in [3.63, 3.8) is 0 Å². The molecule has 1 aliphatic rings. The van der Waals surface area contributed by atoms with Crippen molar-refractivity contribution in [1.82, 2.24) is 0 Å². The molecule has 1 N–H and O–H groups in total. The molecule has 0 saturated heterocycles. The monoisotopic (exact) mass is 246 g/mol. The second-order valence-electron chi connectivity index (χ2n) is 5.25. The standard InChI is InChI=1S/C15H18O3/c1-15(14(17)18)10-6-5-9-12(15)13(16)11-7-3-2-4-8-11/h2-4,7-8,12H,5-6,9-10H2,1H3,(H,17,18). The Balaban J connectivity index is 2.30. The number of benzene rings is 1. The van der Waals surface area contributed by atoms with Gasteiger partial charge in [-0.3, -0.25) is 9.59 Å². The number of hydrogen-bond donors (Lipinski definition) is 1. The Bertz CT molecular complexity index is 452. The summed E-state index contributed by atoms with van der Waals surface area (Å²) >= 11 is 0. The lowest BCUT2D eigenvalue weighted by atomic mass is 9.65. The largest absolute Gasteiger partial charge is 0.481 e. The number of carbonyl (C=O) groups is 2. The molecule has 96 valence electrons. The Labute approximate surface area is 107 Å². The zero-order valence-corrected chi connectivity index (χ0v) is 10.6. The van der Waals surface area contributed by atoms with Gasteiger partial charge in [0.1, 0.15) is 0 Å². The molecule has 1 aliphatic carbocycles. The number of aliphatic carboxylic acids is 1. The van der Waals surface area contributed by atoms with E-state index in [4.69, 9.17) is 0 Å². The number of carbonyl (C=O) groups excluding carboxylic acids is 1. The third-order valence-electron chi connectivity index (χ3n) is 4.07. The average Bonchev–Trinajstić information content (AvgIpc) is 2.39. The molecule has 1 aromatic rings. The summed E-state index contributed by atoms with van der Waals surface area (Å²) in [6.07, 6.45) is 3.09. The van der Waals surface area contributed by atoms with Gasteiger partial charge in [-0.2, -0.15) is 0 Å². The van der Waals surface area contributed by atoms with E-state index >= 15 is 0 Å². The summed E-state index contributed by atoms with van der Waals surface area (Å²) < 4.78 is 0. The molecule has 0 radical (unpaired) electrons. The summed E-state index contributed by atoms with van der Waals surface area (Å²) in [6.45, 7) is 1.71. The van der Waals surface area contributed by atoms with Crippen LogP contribution in [0.2, 0.25) is 0 Å². The van der Waals surface area contributed by atoms with E-state index in [2.05, 4.69) is 0 Å². The van der Waals surface area contributed by atoms with Crippen LogP contribution in [0.15, 0.2) is 30.3 Å². The maximum Gasteiger partial charge on any atom is 0.310 e. The summed E-state index contributed by atoms with van der Waals surface area (Å²) in [4.78, 5) is 23.9. The van der Waals surface area contributed by atoms with E-state index in [9.17, 15) is 14.7 Å². The first-order chi connectivity index (χ1) is 8.55. The summed E-state index contributed by atoms with van der Waals surface area (Å²) in [5, 5.41) is 9.41. The van der Waals surface area contributed by atoms with Crippen LogP contribution in [0.25, 0.3) is 0 Å². The quantitative estimate of drug-likeness (QED) is 0.833. The van der Waals surface area contributed by atoms with Gasteiger partial charge < -0.3 is 5.11 Å². The van der Waals surface area contributed by atoms with Crippen LogP contribution in [0.5, 0.6) is 0 Å². The molecule has 2 unspecified atom stereocenters. The van der Waals surface area contributed by atoms with Gasteiger partial charge in [-0.25, -0.2) is 0 Å². The molecule has 2 atom stereocenters. The summed E-state index contributed by atoms with van der Waals surface area (Å²) in [6, 6.07) is 9.01. The SMILES string of the molecule is CC1(C(=O)O)CCCCC1C(=O)c1ccccc1. The number of carboxylic acids is 1. The van der Waals surface area contributed by atoms with Gasteiger partial charge in [-0.1, -0.05) is 43.2 Å². The van der Waals surface area contributed by atoms with Crippen molar-refractivity contribution in [1.29, 1.82) is 0 Å². The maximum absolute atomic E-state index is 12.5. The number of ketones is 1. The summed E-state index contributed by atoms with van der Waals surface area (Å²) in [7, 11) is 0. The smallest absolute Gasteiger partial charge is 0.310 e. The number of rotatable bonds is 3. The van der Waals surface area contributed by atoms with E-state index in [-0.39, 0.29) is 5.78 Å². The third kappa shape index (κ3) is 2.17. The minimum absolute atomic E-state index is 0.0276. The van der Waals surface area contributed by atoms with Crippen LogP contribution in [0.1, 0.15) is 43.0 Å². The zero-order chi connectivity index (χ0) is 13.2. The topological polar surface area (TPSA) is 54.4 Å². The fourth-order valence-electron chi connectivity index (χ4n) is 2.81. The van der Waals surface area contributed by atoms with E-state index in [0.717, 1.165) is 12.8 Å². The van der Waals surface area contributed by atoms with Gasteiger partial charge in [0.25, 0.3) is 0 Å². The van der Waals surface area contributed by atoms with Crippen molar-refractivity contribution < 1.29 is 14.7 Å². The van der Waals surface area contributed by atoms with Gasteiger partial charge in [0.15, 0.2) is 5.78 Å². The highest BCUT2D eigenvalue weighted by atomic mass is 16.4. The minimum Gasteiger partial charge on any atom is -0.481 e. The minimum atomic E-state index is -0.912. The van der Waals surface area contributed by atoms with Gasteiger partial charge >= 0.3 is 5.97 Å². The molecular weight excluding hydrogens is 228 g/mol. The van der Waals surface area contributed by atoms with Gasteiger partial charge in [0, 0.05) is 11.5 Å². The summed E-state index contributed by atoms with van der Waals surface area (Å²) in [5.74, 6) is -1.28. The Morgan fingerprint density at radius 1 is 1.22 bits per heavy atom. The van der Waals surface area contributed by atoms with Crippen molar-refractivity contribution in [2.75, 3.05) is 0 Å². The highest BCUT2D eigenvalue weighted by molar-refractivity contribution is 6.00. The number of Topliss-reactive ketones (excluding diaryl/α,β-unsaturated/α-hetero) is 1. The Hall–Kier alpha value is -1.64. The van der Waals surface area contributed by atoms with Crippen molar-refractivity contribution >= 4 is 11.8 Å². The lowest BCUT2D eigenvalue weighted by Gasteiger charge is -2.36. The lowest BCUT2D eigenvalue weighted by Crippen LogP contribution is -2.42. The summed E-state index contributed by atoms with van der Waals surface area (Å²) in [5.41, 5.74) is -0.289. The average molecular weight is 246 g/mol. The van der Waals surface area contributed by atoms with Crippen LogP contribution in [0.3, 0.4) is 0 Å². The first kappa shape index (κ1) is 12.8. The van der Waals surface area contributed by atoms with Crippen molar-refractivity contribution in [3.8, 4) is 0 Å². The first-order valence-corrected chi connectivity index (χ1v) is 6.38. The van der Waals surface area contributed by atoms with Gasteiger partial charge in [-0.05, 0) is 19.8 Å². The second-order valence-corrected chi connectivity index (χ2v) is 5.25. The predicted octanol–water partition coefficient (Wildman–Crippen LogP) is 3.15. The normalized spacial score (nSPS) is 27.7. The highest BCUT2D eigenvalue weighted by Crippen LogP contribution is 2.42. The third-order valence-corrected chi connectivity index (χ3v) is 4.07. The van der Waals surface area contributed by atoms with E-state index in [1.807, 2.05) is 18.2 Å². The van der Waals surface area contributed by atoms with Gasteiger partial charge in [0.2, 0.25) is 0 Å². The highest BCUT2D eigenvalue weighted by Gasteiger charge is 2.46. The Kier molecular flexibility index (Phi) is 3.50. The van der Waals surface area contributed by atoms with Gasteiger partial charge in [-0.15, -0.1) is 0 Å². The number of hydrogen-bond acceptors (Lipinski definition) is 2. The van der Waals surface area contributed by atoms with Crippen LogP contribution >= 0.6 is 0 Å². The van der Waals surface area contributed by atoms with E-state index in [1.165, 1.54) is 0 Å². The molecular formula is C15H18O3. The molecule has 0 aromatic heterocycles. The van der Waals surface area contributed by atoms with Crippen molar-refractivity contribution in [2.45, 2.75) is 32.6 Å². The molecule has 0 spiro atoms. The predicted molar refractivity (Wildman–Crippen MR) is 68.5 cm³/mol. The fourth-order valence-corrected chi connectivity index (χ4v) is 2.81. The van der Waals surface area contributed by atoms with E-state index in [0.29, 0.717) is 18.4 Å².